The molecule has 1 amide bonds. The molecule has 5 rings (SSSR count). The van der Waals surface area contributed by atoms with E-state index in [1.54, 1.807) is 11.3 Å². The summed E-state index contributed by atoms with van der Waals surface area (Å²) >= 11 is 5.35. The maximum atomic E-state index is 12.7. The van der Waals surface area contributed by atoms with Gasteiger partial charge >= 0.3 is 0 Å². The third-order valence-corrected chi connectivity index (χ3v) is 8.51. The maximum Gasteiger partial charge on any atom is 0.237 e. The Balaban J connectivity index is 1.35. The Kier molecular flexibility index (Phi) is 5.92. The first-order valence-electron chi connectivity index (χ1n) is 10.9. The molecule has 0 radical (unpaired) electrons. The smallest absolute Gasteiger partial charge is 0.237 e. The van der Waals surface area contributed by atoms with Gasteiger partial charge in [0.25, 0.3) is 0 Å². The van der Waals surface area contributed by atoms with E-state index >= 15 is 0 Å². The number of aromatic nitrogens is 1. The number of hydrogen-bond acceptors (Lipinski definition) is 5. The average molecular weight is 512 g/mol. The molecule has 0 spiro atoms. The molecule has 7 heteroatoms. The van der Waals surface area contributed by atoms with Gasteiger partial charge in [-0.05, 0) is 48.6 Å². The molecular weight excluding hydrogens is 486 g/mol. The molecule has 2 aliphatic heterocycles. The number of aliphatic hydroxyl groups is 1. The van der Waals surface area contributed by atoms with Gasteiger partial charge in [0, 0.05) is 28.0 Å². The van der Waals surface area contributed by atoms with Crippen LogP contribution < -0.4 is 0 Å². The number of carbonyl (C=O) groups is 1. The molecule has 1 atom stereocenters. The minimum atomic E-state index is -0.299. The van der Waals surface area contributed by atoms with Crippen LogP contribution >= 0.6 is 27.3 Å². The van der Waals surface area contributed by atoms with Gasteiger partial charge in [-0.25, -0.2) is 4.98 Å². The highest BCUT2D eigenvalue weighted by Crippen LogP contribution is 2.39. The van der Waals surface area contributed by atoms with Crippen LogP contribution in [0.5, 0.6) is 0 Å². The van der Waals surface area contributed by atoms with E-state index in [-0.39, 0.29) is 12.0 Å². The number of β-amino-alcohol motifs (C(OH)–C–C–N with tert-alkyl or cyclic N) is 1. The van der Waals surface area contributed by atoms with E-state index in [2.05, 4.69) is 66.2 Å². The first kappa shape index (κ1) is 21.8. The Morgan fingerprint density at radius 1 is 1.12 bits per heavy atom. The molecule has 1 aromatic heterocycles. The SMILES string of the molecule is Cc1c(Br)cccc1-c1cccc(-c2nc3c(s2)CN(C(=O)CN2CCC(O)C2)C3)c1C. The molecule has 0 bridgehead atoms. The lowest BCUT2D eigenvalue weighted by Crippen LogP contribution is -2.37. The average Bonchev–Trinajstić information content (AvgIpc) is 3.45. The summed E-state index contributed by atoms with van der Waals surface area (Å²) in [6.07, 6.45) is 0.454. The molecule has 166 valence electrons. The second-order valence-electron chi connectivity index (χ2n) is 8.71. The summed E-state index contributed by atoms with van der Waals surface area (Å²) in [7, 11) is 0. The summed E-state index contributed by atoms with van der Waals surface area (Å²) in [4.78, 5) is 22.8. The molecule has 1 fully saturated rings. The number of nitrogens with zero attached hydrogens (tertiary/aromatic N) is 3. The summed E-state index contributed by atoms with van der Waals surface area (Å²) in [5.74, 6) is 0.120. The minimum Gasteiger partial charge on any atom is -0.392 e. The quantitative estimate of drug-likeness (QED) is 0.548. The Labute approximate surface area is 200 Å². The van der Waals surface area contributed by atoms with Crippen molar-refractivity contribution in [2.45, 2.75) is 39.5 Å². The molecule has 1 unspecified atom stereocenters. The predicted octanol–water partition coefficient (Wildman–Crippen LogP) is 4.77. The second-order valence-corrected chi connectivity index (χ2v) is 10.6. The first-order valence-corrected chi connectivity index (χ1v) is 12.5. The highest BCUT2D eigenvalue weighted by molar-refractivity contribution is 9.10. The van der Waals surface area contributed by atoms with Gasteiger partial charge in [-0.15, -0.1) is 11.3 Å². The monoisotopic (exact) mass is 511 g/mol. The summed E-state index contributed by atoms with van der Waals surface area (Å²) in [5.41, 5.74) is 7.08. The molecule has 0 aliphatic carbocycles. The summed E-state index contributed by atoms with van der Waals surface area (Å²) in [6, 6.07) is 12.7. The van der Waals surface area contributed by atoms with Gasteiger partial charge in [-0.2, -0.15) is 0 Å². The van der Waals surface area contributed by atoms with E-state index in [4.69, 9.17) is 4.98 Å². The van der Waals surface area contributed by atoms with Crippen LogP contribution in [0.2, 0.25) is 0 Å². The van der Waals surface area contributed by atoms with Gasteiger partial charge in [0.05, 0.1) is 31.4 Å². The fourth-order valence-electron chi connectivity index (χ4n) is 4.64. The molecule has 2 aromatic carbocycles. The lowest BCUT2D eigenvalue weighted by atomic mass is 9.94. The largest absolute Gasteiger partial charge is 0.392 e. The molecule has 1 saturated heterocycles. The van der Waals surface area contributed by atoms with E-state index in [9.17, 15) is 9.90 Å². The van der Waals surface area contributed by atoms with E-state index in [0.717, 1.165) is 33.7 Å². The van der Waals surface area contributed by atoms with E-state index < -0.39 is 0 Å². The van der Waals surface area contributed by atoms with Crippen molar-refractivity contribution in [2.75, 3.05) is 19.6 Å². The number of benzene rings is 2. The normalized spacial score (nSPS) is 18.4. The van der Waals surface area contributed by atoms with Gasteiger partial charge in [-0.1, -0.05) is 46.3 Å². The summed E-state index contributed by atoms with van der Waals surface area (Å²) in [5, 5.41) is 10.7. The van der Waals surface area contributed by atoms with Gasteiger partial charge in [0.2, 0.25) is 5.91 Å². The number of aliphatic hydroxyl groups excluding tert-OH is 1. The maximum absolute atomic E-state index is 12.7. The number of halogens is 1. The molecule has 0 saturated carbocycles. The standard InChI is InChI=1S/C25H26BrN3O2S/c1-15-18(19-6-4-8-21(26)16(19)2)5-3-7-20(15)25-27-22-12-29(13-23(22)32-25)24(31)14-28-10-9-17(30)11-28/h3-8,17,30H,9-14H2,1-2H3. The first-order chi connectivity index (χ1) is 15.4. The summed E-state index contributed by atoms with van der Waals surface area (Å²) < 4.78 is 1.11. The van der Waals surface area contributed by atoms with E-state index in [0.29, 0.717) is 26.2 Å². The van der Waals surface area contributed by atoms with Crippen LogP contribution in [0.3, 0.4) is 0 Å². The predicted molar refractivity (Wildman–Crippen MR) is 131 cm³/mol. The van der Waals surface area contributed by atoms with Crippen molar-refractivity contribution >= 4 is 33.2 Å². The highest BCUT2D eigenvalue weighted by atomic mass is 79.9. The van der Waals surface area contributed by atoms with E-state index in [1.807, 2.05) is 9.80 Å². The lowest BCUT2D eigenvalue weighted by molar-refractivity contribution is -0.132. The molecule has 3 heterocycles. The number of amides is 1. The summed E-state index contributed by atoms with van der Waals surface area (Å²) in [6.45, 7) is 7.27. The molecular formula is C25H26BrN3O2S. The van der Waals surface area contributed by atoms with Gasteiger partial charge < -0.3 is 10.0 Å². The Bertz CT molecular complexity index is 1170. The highest BCUT2D eigenvalue weighted by Gasteiger charge is 2.30. The fourth-order valence-corrected chi connectivity index (χ4v) is 6.17. The van der Waals surface area contributed by atoms with Crippen LogP contribution in [0, 0.1) is 13.8 Å². The molecule has 1 N–H and O–H groups in total. The van der Waals surface area contributed by atoms with Crippen LogP contribution in [0.4, 0.5) is 0 Å². The zero-order chi connectivity index (χ0) is 22.4. The van der Waals surface area contributed by atoms with Crippen molar-refractivity contribution in [3.05, 3.63) is 62.6 Å². The number of fused-ring (bicyclic) bond motifs is 1. The Morgan fingerprint density at radius 2 is 1.84 bits per heavy atom. The third kappa shape index (κ3) is 4.03. The Hall–Kier alpha value is -2.06. The van der Waals surface area contributed by atoms with Gasteiger partial charge in [0.15, 0.2) is 0 Å². The number of rotatable bonds is 4. The lowest BCUT2D eigenvalue weighted by Gasteiger charge is -2.20. The third-order valence-electron chi connectivity index (χ3n) is 6.53. The number of hydrogen-bond donors (Lipinski definition) is 1. The number of thiazole rings is 1. The van der Waals surface area contributed by atoms with Crippen LogP contribution in [-0.4, -0.2) is 51.5 Å². The van der Waals surface area contributed by atoms with Crippen molar-refractivity contribution in [1.82, 2.24) is 14.8 Å². The Morgan fingerprint density at radius 3 is 2.56 bits per heavy atom. The van der Waals surface area contributed by atoms with Gasteiger partial charge in [-0.3, -0.25) is 9.69 Å². The van der Waals surface area contributed by atoms with Crippen molar-refractivity contribution in [2.24, 2.45) is 0 Å². The molecule has 32 heavy (non-hydrogen) atoms. The topological polar surface area (TPSA) is 56.7 Å². The van der Waals surface area contributed by atoms with E-state index in [1.165, 1.54) is 27.1 Å². The molecule has 3 aromatic rings. The van der Waals surface area contributed by atoms with Gasteiger partial charge in [0.1, 0.15) is 5.01 Å². The zero-order valence-corrected chi connectivity index (χ0v) is 20.7. The zero-order valence-electron chi connectivity index (χ0n) is 18.3. The van der Waals surface area contributed by atoms with Crippen LogP contribution in [0.25, 0.3) is 21.7 Å². The second kappa shape index (κ2) is 8.71. The number of likely N-dealkylation sites (tertiary alicyclic amines) is 1. The van der Waals surface area contributed by atoms with Crippen molar-refractivity contribution in [3.8, 4) is 21.7 Å². The number of carbonyl (C=O) groups excluding carboxylic acids is 1. The van der Waals surface area contributed by atoms with Crippen molar-refractivity contribution in [3.63, 3.8) is 0 Å². The van der Waals surface area contributed by atoms with Crippen LogP contribution in [0.1, 0.15) is 28.1 Å². The van der Waals surface area contributed by atoms with Crippen LogP contribution in [-0.2, 0) is 17.9 Å². The van der Waals surface area contributed by atoms with Crippen molar-refractivity contribution < 1.29 is 9.90 Å². The minimum absolute atomic E-state index is 0.120. The molecule has 2 aliphatic rings. The molecule has 5 nitrogen and oxygen atoms in total. The van der Waals surface area contributed by atoms with Crippen LogP contribution in [0.15, 0.2) is 40.9 Å². The fraction of sp³-hybridized carbons (Fsp3) is 0.360. The van der Waals surface area contributed by atoms with Crippen molar-refractivity contribution in [1.29, 1.82) is 0 Å².